The number of phenolic OH excluding ortho intramolecular Hbond substituents is 3. The van der Waals surface area contributed by atoms with Crippen LogP contribution in [-0.4, -0.2) is 167 Å². The summed E-state index contributed by atoms with van der Waals surface area (Å²) in [6, 6.07) is 6.50. The van der Waals surface area contributed by atoms with Gasteiger partial charge in [0.15, 0.2) is 29.1 Å². The number of ether oxygens (including phenoxy) is 4. The van der Waals surface area contributed by atoms with E-state index in [1.807, 2.05) is 6.08 Å². The van der Waals surface area contributed by atoms with Gasteiger partial charge in [0.2, 0.25) is 17.2 Å². The third-order valence-corrected chi connectivity index (χ3v) is 17.4. The third kappa shape index (κ3) is 7.89. The number of aliphatic hydroxyl groups is 9. The number of aliphatic hydroxyl groups excluding tert-OH is 6. The van der Waals surface area contributed by atoms with Crippen molar-refractivity contribution in [2.75, 3.05) is 13.2 Å². The number of rotatable bonds is 8. The molecule has 16 N–H and O–H groups in total. The number of hydrogen-bond acceptors (Lipinski definition) is 22. The van der Waals surface area contributed by atoms with E-state index in [2.05, 4.69) is 39.3 Å². The minimum absolute atomic E-state index is 0.0453. The van der Waals surface area contributed by atoms with Crippen molar-refractivity contribution in [2.24, 2.45) is 5.92 Å². The quantitative estimate of drug-likeness (QED) is 0.0342. The van der Waals surface area contributed by atoms with E-state index >= 15 is 4.79 Å². The number of phenols is 3. The molecule has 2 aromatic heterocycles. The Balaban J connectivity index is 1.13. The number of carboxylic acid groups (broad SMARTS) is 1. The average molecular weight is 1120 g/mol. The molecule has 24 nitrogen and oxygen atoms in total. The normalized spacial score (nSPS) is 35.2. The van der Waals surface area contributed by atoms with Crippen LogP contribution in [0.15, 0.2) is 80.8 Å². The first-order valence-corrected chi connectivity index (χ1v) is 26.4. The predicted molar refractivity (Wildman–Crippen MR) is 275 cm³/mol. The van der Waals surface area contributed by atoms with Gasteiger partial charge >= 0.3 is 11.9 Å². The number of aromatic nitrogens is 1. The molecule has 81 heavy (non-hydrogen) atoms. The largest absolute Gasteiger partial charge is 0.507 e. The minimum Gasteiger partial charge on any atom is -0.507 e. The fourth-order valence-electron chi connectivity index (χ4n) is 13.1. The molecule has 2 spiro atoms. The molecule has 3 saturated heterocycles. The SMILES string of the molecule is O=C(O)[C@@]12C#CC[C@@]3(O[C@@]45Oc6cc7oc(-c8cc(O)c(O)c(CCO)c8)cc(=O)c7c(O)c6[C@H](C6=CNC7N[C@@H]8CCC[C@@H](C8)C7=C6)C=C4Cc4[nH]ccc4C#CC[C@]3(O)[C@H](O)[C@H]5O)C(=O)O[C@@](CCCO)(O1)[C@H](O)[C@@H](O)C2(O)O. The molecule has 4 fully saturated rings. The lowest BCUT2D eigenvalue weighted by Gasteiger charge is -2.58. The Morgan fingerprint density at radius 3 is 2.44 bits per heavy atom. The molecule has 2 aliphatic carbocycles. The first-order valence-electron chi connectivity index (χ1n) is 26.4. The molecule has 4 aromatic rings. The Bertz CT molecular complexity index is 3620. The molecule has 6 bridgehead atoms. The Morgan fingerprint density at radius 1 is 0.877 bits per heavy atom. The zero-order valence-corrected chi connectivity index (χ0v) is 42.9. The first-order chi connectivity index (χ1) is 38.6. The maximum atomic E-state index is 15.8. The zero-order valence-electron chi connectivity index (χ0n) is 42.9. The maximum absolute atomic E-state index is 15.8. The fourth-order valence-corrected chi connectivity index (χ4v) is 13.1. The number of piperidine rings is 1. The number of nitrogens with one attached hydrogen (secondary N) is 3. The molecule has 1 unspecified atom stereocenters. The van der Waals surface area contributed by atoms with E-state index in [-0.39, 0.29) is 64.6 Å². The van der Waals surface area contributed by atoms with Crippen LogP contribution < -0.4 is 20.8 Å². The summed E-state index contributed by atoms with van der Waals surface area (Å²) >= 11 is 0. The van der Waals surface area contributed by atoms with Gasteiger partial charge in [-0.1, -0.05) is 36.3 Å². The van der Waals surface area contributed by atoms with Gasteiger partial charge in [-0.05, 0) is 73.3 Å². The molecule has 13 rings (SSSR count). The van der Waals surface area contributed by atoms with Gasteiger partial charge in [0.05, 0.1) is 12.6 Å². The number of benzene rings is 2. The van der Waals surface area contributed by atoms with E-state index in [9.17, 15) is 76.0 Å². The Kier molecular flexibility index (Phi) is 12.9. The highest BCUT2D eigenvalue weighted by Crippen LogP contribution is 2.58. The number of carboxylic acids is 1. The van der Waals surface area contributed by atoms with Gasteiger partial charge in [-0.3, -0.25) is 10.1 Å². The van der Waals surface area contributed by atoms with E-state index in [0.29, 0.717) is 16.8 Å². The monoisotopic (exact) mass is 1120 g/mol. The Morgan fingerprint density at radius 2 is 1.68 bits per heavy atom. The van der Waals surface area contributed by atoms with Crippen molar-refractivity contribution in [3.63, 3.8) is 0 Å². The van der Waals surface area contributed by atoms with E-state index < -0.39 is 149 Å². The molecular weight excluding hydrogens is 1060 g/mol. The van der Waals surface area contributed by atoms with E-state index in [1.54, 1.807) is 18.5 Å². The number of H-pyrrole nitrogens is 1. The number of esters is 1. The van der Waals surface area contributed by atoms with Crippen molar-refractivity contribution < 1.29 is 99.3 Å². The first kappa shape index (κ1) is 54.3. The van der Waals surface area contributed by atoms with Crippen LogP contribution in [0.2, 0.25) is 0 Å². The fraction of sp³-hybridized carbons (Fsp3) is 0.456. The van der Waals surface area contributed by atoms with Crippen LogP contribution in [0, 0.1) is 29.6 Å². The van der Waals surface area contributed by atoms with Crippen LogP contribution in [0.25, 0.3) is 22.3 Å². The molecule has 1 saturated carbocycles. The molecule has 9 heterocycles. The number of aromatic hydroxyl groups is 3. The summed E-state index contributed by atoms with van der Waals surface area (Å²) in [6.07, 6.45) is -4.99. The second-order valence-corrected chi connectivity index (χ2v) is 22.0. The van der Waals surface area contributed by atoms with Crippen LogP contribution >= 0.6 is 0 Å². The number of dihydropyridines is 1. The highest BCUT2D eigenvalue weighted by atomic mass is 16.8. The third-order valence-electron chi connectivity index (χ3n) is 17.4. The molecule has 13 atom stereocenters. The predicted octanol–water partition coefficient (Wildman–Crippen LogP) is -0.665. The number of aliphatic carboxylic acids is 1. The van der Waals surface area contributed by atoms with E-state index in [0.717, 1.165) is 43.4 Å². The van der Waals surface area contributed by atoms with Gasteiger partial charge in [0.25, 0.3) is 11.4 Å². The average Bonchev–Trinajstić information content (AvgIpc) is 2.34. The lowest BCUT2D eigenvalue weighted by molar-refractivity contribution is -0.432. The highest BCUT2D eigenvalue weighted by Gasteiger charge is 2.78. The van der Waals surface area contributed by atoms with Crippen molar-refractivity contribution in [3.8, 4) is 58.0 Å². The van der Waals surface area contributed by atoms with Crippen LogP contribution in [0.4, 0.5) is 0 Å². The maximum Gasteiger partial charge on any atom is 0.354 e. The minimum atomic E-state index is -3.98. The summed E-state index contributed by atoms with van der Waals surface area (Å²) in [5, 5.41) is 156. The van der Waals surface area contributed by atoms with Gasteiger partial charge in [-0.15, -0.1) is 0 Å². The standard InChI is InChI=1S/C57H57N3O21/c61-15-4-13-55-46(68)48(70)57(75,76)53(80-55,50(71)72)11-3-12-54(51(73)79-55)52(74)10-2-6-26-8-14-58-35(26)22-31-21-33(30-19-34-27-5-1-7-32(18-27)60-49(34)59-25-30)41-40(78-56(31,81-54)47(69)45(52)67)24-39-42(44(41)66)36(63)23-38(77-39)29-17-28(9-16-62)43(65)37(64)20-29/h8,14,17,19-21,23-25,27,32-33,45-49,58-62,64-70,74-76H,1,4-5,7,9-10,12-13,15-16,18,22H2,(H,71,72)/t27-,32+,33-,45+,46+,47+,48+,49?,52-,53+,54+,55-,56-/m0/s1. The summed E-state index contributed by atoms with van der Waals surface area (Å²) in [6.45, 7) is -1.18. The topological polar surface area (TPSA) is 404 Å². The molecule has 24 heteroatoms. The van der Waals surface area contributed by atoms with Crippen LogP contribution in [-0.2, 0) is 36.6 Å². The van der Waals surface area contributed by atoms with Crippen LogP contribution in [0.3, 0.4) is 0 Å². The molecule has 2 aromatic carbocycles. The summed E-state index contributed by atoms with van der Waals surface area (Å²) in [7, 11) is 0. The zero-order chi connectivity index (χ0) is 57.3. The molecule has 426 valence electrons. The summed E-state index contributed by atoms with van der Waals surface area (Å²) in [4.78, 5) is 46.8. The van der Waals surface area contributed by atoms with Crippen molar-refractivity contribution >= 4 is 22.9 Å². The van der Waals surface area contributed by atoms with Crippen molar-refractivity contribution in [1.29, 1.82) is 0 Å². The van der Waals surface area contributed by atoms with Gasteiger partial charge < -0.3 is 100 Å². The second-order valence-electron chi connectivity index (χ2n) is 22.0. The van der Waals surface area contributed by atoms with Gasteiger partial charge in [0.1, 0.15) is 46.0 Å². The van der Waals surface area contributed by atoms with Crippen molar-refractivity contribution in [1.82, 2.24) is 15.6 Å². The van der Waals surface area contributed by atoms with Crippen molar-refractivity contribution in [2.45, 2.75) is 141 Å². The number of fused-ring (bicyclic) bond motifs is 10. The van der Waals surface area contributed by atoms with E-state index in [4.69, 9.17) is 23.4 Å². The van der Waals surface area contributed by atoms with Crippen LogP contribution in [0.1, 0.15) is 79.7 Å². The lowest BCUT2D eigenvalue weighted by Crippen LogP contribution is -2.81. The van der Waals surface area contributed by atoms with Gasteiger partial charge in [-0.25, -0.2) is 9.59 Å². The summed E-state index contributed by atoms with van der Waals surface area (Å²) < 4.78 is 32.0. The van der Waals surface area contributed by atoms with Crippen LogP contribution in [0.5, 0.6) is 23.0 Å². The highest BCUT2D eigenvalue weighted by molar-refractivity contribution is 5.90. The number of carbonyl (C=O) groups excluding carboxylic acids is 1. The lowest BCUT2D eigenvalue weighted by atomic mass is 9.67. The van der Waals surface area contributed by atoms with Gasteiger partial charge in [-0.2, -0.15) is 0 Å². The Labute approximate surface area is 458 Å². The molecule has 7 aliphatic heterocycles. The second kappa shape index (κ2) is 19.2. The number of carbonyl (C=O) groups is 2. The summed E-state index contributed by atoms with van der Waals surface area (Å²) in [5.41, 5.74) is -9.56. The molecular formula is C57H57N3O21. The van der Waals surface area contributed by atoms with Crippen molar-refractivity contribution in [3.05, 3.63) is 104 Å². The van der Waals surface area contributed by atoms with Gasteiger partial charge in [0, 0.05) is 102 Å². The smallest absolute Gasteiger partial charge is 0.354 e. The number of allylic oxidation sites excluding steroid dienone is 3. The number of hydrogen-bond donors (Lipinski definition) is 16. The Hall–Kier alpha value is -7.27. The molecule has 0 radical (unpaired) electrons. The van der Waals surface area contributed by atoms with E-state index in [1.165, 1.54) is 18.2 Å². The number of aromatic amines is 1. The summed E-state index contributed by atoms with van der Waals surface area (Å²) in [5.74, 6) is -7.87. The molecule has 0 amide bonds. The molecule has 9 aliphatic rings.